The molecular formula is C11H8ClN3O5. The van der Waals surface area contributed by atoms with Crippen LogP contribution in [0.15, 0.2) is 24.3 Å². The fourth-order valence-electron chi connectivity index (χ4n) is 1.76. The van der Waals surface area contributed by atoms with Crippen molar-refractivity contribution in [3.63, 3.8) is 0 Å². The first-order chi connectivity index (χ1) is 9.47. The van der Waals surface area contributed by atoms with E-state index in [1.165, 1.54) is 18.2 Å². The minimum Gasteiger partial charge on any atom is -0.263 e. The Hall–Kier alpha value is -2.48. The second-order valence-corrected chi connectivity index (χ2v) is 4.22. The second-order valence-electron chi connectivity index (χ2n) is 3.85. The molecule has 1 saturated heterocycles. The van der Waals surface area contributed by atoms with Crippen molar-refractivity contribution in [2.75, 3.05) is 17.3 Å². The molecule has 0 aromatic heterocycles. The molecular weight excluding hydrogens is 290 g/mol. The average molecular weight is 298 g/mol. The van der Waals surface area contributed by atoms with Gasteiger partial charge in [-0.05, 0) is 6.07 Å². The Kier molecular flexibility index (Phi) is 3.66. The monoisotopic (exact) mass is 297 g/mol. The van der Waals surface area contributed by atoms with Crippen LogP contribution in [-0.2, 0) is 9.59 Å². The van der Waals surface area contributed by atoms with Crippen molar-refractivity contribution in [1.29, 1.82) is 0 Å². The maximum Gasteiger partial charge on any atom is 0.338 e. The zero-order valence-corrected chi connectivity index (χ0v) is 10.7. The molecule has 104 valence electrons. The van der Waals surface area contributed by atoms with Crippen LogP contribution in [0, 0.1) is 10.1 Å². The van der Waals surface area contributed by atoms with Crippen molar-refractivity contribution >= 4 is 40.8 Å². The molecule has 9 heteroatoms. The zero-order chi connectivity index (χ0) is 14.9. The number of benzene rings is 1. The number of hydrogen-bond acceptors (Lipinski definition) is 5. The number of halogens is 1. The normalized spacial score (nSPS) is 15.2. The second kappa shape index (κ2) is 5.25. The molecule has 0 aliphatic carbocycles. The molecule has 1 aromatic rings. The third kappa shape index (κ3) is 2.21. The van der Waals surface area contributed by atoms with E-state index >= 15 is 0 Å². The van der Waals surface area contributed by atoms with Crippen molar-refractivity contribution in [3.8, 4) is 0 Å². The SMILES string of the molecule is O=C1C(=O)N(c2cccc([N+](=O)[O-])c2)C(=O)N1CCCl. The lowest BCUT2D eigenvalue weighted by molar-refractivity contribution is -0.384. The Morgan fingerprint density at radius 1 is 1.20 bits per heavy atom. The summed E-state index contributed by atoms with van der Waals surface area (Å²) in [6.45, 7) is -0.101. The largest absolute Gasteiger partial charge is 0.338 e. The molecule has 0 atom stereocenters. The van der Waals surface area contributed by atoms with E-state index in [4.69, 9.17) is 11.6 Å². The van der Waals surface area contributed by atoms with Crippen molar-refractivity contribution in [3.05, 3.63) is 34.4 Å². The third-order valence-corrected chi connectivity index (χ3v) is 2.83. The molecule has 0 spiro atoms. The molecule has 0 N–H and O–H groups in total. The third-order valence-electron chi connectivity index (χ3n) is 2.66. The van der Waals surface area contributed by atoms with E-state index in [2.05, 4.69) is 0 Å². The molecule has 0 radical (unpaired) electrons. The van der Waals surface area contributed by atoms with E-state index in [1.807, 2.05) is 0 Å². The predicted molar refractivity (Wildman–Crippen MR) is 68.4 cm³/mol. The van der Waals surface area contributed by atoms with E-state index in [1.54, 1.807) is 0 Å². The highest BCUT2D eigenvalue weighted by Gasteiger charge is 2.45. The number of anilines is 1. The molecule has 20 heavy (non-hydrogen) atoms. The summed E-state index contributed by atoms with van der Waals surface area (Å²) in [7, 11) is 0. The number of imide groups is 2. The lowest BCUT2D eigenvalue weighted by Crippen LogP contribution is -2.34. The van der Waals surface area contributed by atoms with E-state index in [0.29, 0.717) is 9.80 Å². The minimum atomic E-state index is -1.05. The first-order valence-corrected chi connectivity index (χ1v) is 6.01. The number of urea groups is 1. The number of carbonyl (C=O) groups is 3. The smallest absolute Gasteiger partial charge is 0.263 e. The van der Waals surface area contributed by atoms with Crippen LogP contribution in [0.1, 0.15) is 0 Å². The molecule has 1 aliphatic rings. The molecule has 1 aromatic carbocycles. The van der Waals surface area contributed by atoms with Crippen LogP contribution in [-0.4, -0.2) is 40.1 Å². The van der Waals surface area contributed by atoms with Crippen LogP contribution in [0.3, 0.4) is 0 Å². The van der Waals surface area contributed by atoms with Crippen LogP contribution in [0.4, 0.5) is 16.2 Å². The van der Waals surface area contributed by atoms with Gasteiger partial charge >= 0.3 is 17.8 Å². The van der Waals surface area contributed by atoms with Gasteiger partial charge in [0.15, 0.2) is 0 Å². The highest BCUT2D eigenvalue weighted by molar-refractivity contribution is 6.52. The van der Waals surface area contributed by atoms with Crippen molar-refractivity contribution in [1.82, 2.24) is 4.90 Å². The summed E-state index contributed by atoms with van der Waals surface area (Å²) in [5.41, 5.74) is -0.314. The quantitative estimate of drug-likeness (QED) is 0.272. The van der Waals surface area contributed by atoms with Gasteiger partial charge in [-0.15, -0.1) is 11.6 Å². The van der Waals surface area contributed by atoms with Gasteiger partial charge in [0, 0.05) is 24.6 Å². The molecule has 0 saturated carbocycles. The molecule has 0 unspecified atom stereocenters. The number of nitro groups is 1. The average Bonchev–Trinajstić information content (AvgIpc) is 2.63. The van der Waals surface area contributed by atoms with Gasteiger partial charge in [0.05, 0.1) is 10.6 Å². The van der Waals surface area contributed by atoms with E-state index in [9.17, 15) is 24.5 Å². The molecule has 1 fully saturated rings. The van der Waals surface area contributed by atoms with Gasteiger partial charge in [0.2, 0.25) is 0 Å². The number of nitrogens with zero attached hydrogens (tertiary/aromatic N) is 3. The fraction of sp³-hybridized carbons (Fsp3) is 0.182. The summed E-state index contributed by atoms with van der Waals surface area (Å²) in [6, 6.07) is 4.06. The Morgan fingerprint density at radius 3 is 2.50 bits per heavy atom. The summed E-state index contributed by atoms with van der Waals surface area (Å²) in [6.07, 6.45) is 0. The van der Waals surface area contributed by atoms with Gasteiger partial charge in [-0.2, -0.15) is 0 Å². The Balaban J connectivity index is 2.40. The number of carbonyl (C=O) groups excluding carboxylic acids is 3. The Labute approximate surface area is 117 Å². The fourth-order valence-corrected chi connectivity index (χ4v) is 1.93. The zero-order valence-electron chi connectivity index (χ0n) is 9.98. The first kappa shape index (κ1) is 13.9. The van der Waals surface area contributed by atoms with E-state index in [0.717, 1.165) is 6.07 Å². The lowest BCUT2D eigenvalue weighted by Gasteiger charge is -2.14. The Bertz CT molecular complexity index is 618. The lowest BCUT2D eigenvalue weighted by atomic mass is 10.2. The van der Waals surface area contributed by atoms with Crippen LogP contribution in [0.5, 0.6) is 0 Å². The molecule has 1 heterocycles. The van der Waals surface area contributed by atoms with Crippen molar-refractivity contribution < 1.29 is 19.3 Å². The molecule has 2 rings (SSSR count). The number of nitro benzene ring substituents is 1. The number of rotatable bonds is 4. The highest BCUT2D eigenvalue weighted by Crippen LogP contribution is 2.25. The summed E-state index contributed by atoms with van der Waals surface area (Å²) < 4.78 is 0. The van der Waals surface area contributed by atoms with E-state index in [-0.39, 0.29) is 23.8 Å². The van der Waals surface area contributed by atoms with Gasteiger partial charge in [-0.25, -0.2) is 9.69 Å². The van der Waals surface area contributed by atoms with Crippen LogP contribution in [0.2, 0.25) is 0 Å². The summed E-state index contributed by atoms with van der Waals surface area (Å²) in [4.78, 5) is 46.7. The molecule has 8 nitrogen and oxygen atoms in total. The van der Waals surface area contributed by atoms with Crippen molar-refractivity contribution in [2.24, 2.45) is 0 Å². The number of amides is 4. The maximum absolute atomic E-state index is 12.0. The van der Waals surface area contributed by atoms with Crippen molar-refractivity contribution in [2.45, 2.75) is 0 Å². The topological polar surface area (TPSA) is 101 Å². The number of non-ortho nitro benzene ring substituents is 1. The number of hydrogen-bond donors (Lipinski definition) is 0. The van der Waals surface area contributed by atoms with Crippen LogP contribution in [0.25, 0.3) is 0 Å². The first-order valence-electron chi connectivity index (χ1n) is 5.47. The van der Waals surface area contributed by atoms with Gasteiger partial charge in [0.25, 0.3) is 5.69 Å². The van der Waals surface area contributed by atoms with Gasteiger partial charge < -0.3 is 0 Å². The summed E-state index contributed by atoms with van der Waals surface area (Å²) in [5, 5.41) is 10.7. The van der Waals surface area contributed by atoms with Gasteiger partial charge in [-0.1, -0.05) is 6.07 Å². The van der Waals surface area contributed by atoms with E-state index < -0.39 is 22.8 Å². The predicted octanol–water partition coefficient (Wildman–Crippen LogP) is 1.13. The molecule has 0 bridgehead atoms. The number of alkyl halides is 1. The maximum atomic E-state index is 12.0. The Morgan fingerprint density at radius 2 is 1.90 bits per heavy atom. The summed E-state index contributed by atoms with van der Waals surface area (Å²) in [5.74, 6) is -2.06. The highest BCUT2D eigenvalue weighted by atomic mass is 35.5. The van der Waals surface area contributed by atoms with Gasteiger partial charge in [-0.3, -0.25) is 24.6 Å². The van der Waals surface area contributed by atoms with Crippen LogP contribution >= 0.6 is 11.6 Å². The standard InChI is InChI=1S/C11H8ClN3O5/c12-4-5-13-9(16)10(17)14(11(13)18)7-2-1-3-8(6-7)15(19)20/h1-3,6H,4-5H2. The minimum absolute atomic E-state index is 0.00641. The molecule has 4 amide bonds. The van der Waals surface area contributed by atoms with Crippen LogP contribution < -0.4 is 4.90 Å². The summed E-state index contributed by atoms with van der Waals surface area (Å²) >= 11 is 5.46. The van der Waals surface area contributed by atoms with Gasteiger partial charge in [0.1, 0.15) is 0 Å². The molecule has 1 aliphatic heterocycles.